The van der Waals surface area contributed by atoms with E-state index in [1.54, 1.807) is 6.92 Å². The summed E-state index contributed by atoms with van der Waals surface area (Å²) in [5.74, 6) is 0.430. The van der Waals surface area contributed by atoms with Crippen molar-refractivity contribution in [3.8, 4) is 5.75 Å². The van der Waals surface area contributed by atoms with E-state index in [1.807, 2.05) is 4.90 Å². The number of hydrogen-bond acceptors (Lipinski definition) is 3. The van der Waals surface area contributed by atoms with E-state index in [-0.39, 0.29) is 24.2 Å². The predicted octanol–water partition coefficient (Wildman–Crippen LogP) is 1.58. The summed E-state index contributed by atoms with van der Waals surface area (Å²) in [4.78, 5) is 24.8. The van der Waals surface area contributed by atoms with Crippen LogP contribution in [0.15, 0.2) is 24.3 Å². The van der Waals surface area contributed by atoms with Gasteiger partial charge in [0.15, 0.2) is 6.61 Å². The van der Waals surface area contributed by atoms with Crippen LogP contribution in [0.4, 0.5) is 4.39 Å². The Bertz CT molecular complexity index is 511. The van der Waals surface area contributed by atoms with E-state index in [0.29, 0.717) is 18.2 Å². The van der Waals surface area contributed by atoms with Crippen LogP contribution in [0.25, 0.3) is 0 Å². The average Bonchev–Trinajstić information content (AvgIpc) is 2.52. The molecule has 1 aliphatic rings. The van der Waals surface area contributed by atoms with Gasteiger partial charge in [0.1, 0.15) is 11.6 Å². The number of amides is 2. The maximum atomic E-state index is 12.7. The Morgan fingerprint density at radius 2 is 1.91 bits per heavy atom. The number of halogens is 1. The topological polar surface area (TPSA) is 58.6 Å². The lowest BCUT2D eigenvalue weighted by atomic mass is 9.97. The van der Waals surface area contributed by atoms with Crippen molar-refractivity contribution in [2.45, 2.75) is 19.8 Å². The number of hydrogen-bond donors (Lipinski definition) is 1. The third-order valence-electron chi connectivity index (χ3n) is 3.83. The fraction of sp³-hybridized carbons (Fsp3) is 0.500. The SMILES string of the molecule is CC(=O)N1CCC(CNC(=O)COc2ccc(F)cc2)CC1. The van der Waals surface area contributed by atoms with E-state index in [0.717, 1.165) is 25.9 Å². The maximum absolute atomic E-state index is 12.7. The molecule has 2 rings (SSSR count). The minimum absolute atomic E-state index is 0.0854. The standard InChI is InChI=1S/C16H21FN2O3/c1-12(20)19-8-6-13(7-9-19)10-18-16(21)11-22-15-4-2-14(17)3-5-15/h2-5,13H,6-11H2,1H3,(H,18,21). The van der Waals surface area contributed by atoms with Gasteiger partial charge >= 0.3 is 0 Å². The fourth-order valence-electron chi connectivity index (χ4n) is 2.44. The summed E-state index contributed by atoms with van der Waals surface area (Å²) < 4.78 is 18.0. The first kappa shape index (κ1) is 16.3. The molecule has 1 fully saturated rings. The predicted molar refractivity (Wildman–Crippen MR) is 79.9 cm³/mol. The van der Waals surface area contributed by atoms with E-state index < -0.39 is 0 Å². The summed E-state index contributed by atoms with van der Waals surface area (Å²) in [6, 6.07) is 5.55. The molecule has 2 amide bonds. The van der Waals surface area contributed by atoms with Crippen molar-refractivity contribution in [2.24, 2.45) is 5.92 Å². The Balaban J connectivity index is 1.64. The zero-order valence-corrected chi connectivity index (χ0v) is 12.7. The second-order valence-corrected chi connectivity index (χ2v) is 5.50. The summed E-state index contributed by atoms with van der Waals surface area (Å²) in [6.07, 6.45) is 1.80. The van der Waals surface area contributed by atoms with Gasteiger partial charge in [0.2, 0.25) is 5.91 Å². The molecule has 0 atom stereocenters. The number of nitrogens with zero attached hydrogens (tertiary/aromatic N) is 1. The molecule has 1 aliphatic heterocycles. The van der Waals surface area contributed by atoms with Gasteiger partial charge in [0.05, 0.1) is 0 Å². The van der Waals surface area contributed by atoms with Crippen molar-refractivity contribution in [3.63, 3.8) is 0 Å². The third kappa shape index (κ3) is 5.02. The van der Waals surface area contributed by atoms with Crippen LogP contribution in [-0.4, -0.2) is 43.0 Å². The zero-order valence-electron chi connectivity index (χ0n) is 12.7. The van der Waals surface area contributed by atoms with Crippen molar-refractivity contribution < 1.29 is 18.7 Å². The summed E-state index contributed by atoms with van der Waals surface area (Å²) in [5.41, 5.74) is 0. The highest BCUT2D eigenvalue weighted by molar-refractivity contribution is 5.77. The Kier molecular flexibility index (Phi) is 5.75. The van der Waals surface area contributed by atoms with Crippen LogP contribution in [0.1, 0.15) is 19.8 Å². The van der Waals surface area contributed by atoms with Crippen LogP contribution in [0, 0.1) is 11.7 Å². The van der Waals surface area contributed by atoms with Crippen molar-refractivity contribution in [3.05, 3.63) is 30.1 Å². The van der Waals surface area contributed by atoms with Crippen LogP contribution >= 0.6 is 0 Å². The minimum atomic E-state index is -0.339. The summed E-state index contributed by atoms with van der Waals surface area (Å²) in [6.45, 7) is 3.59. The smallest absolute Gasteiger partial charge is 0.257 e. The van der Waals surface area contributed by atoms with Crippen LogP contribution < -0.4 is 10.1 Å². The normalized spacial score (nSPS) is 15.5. The molecule has 6 heteroatoms. The van der Waals surface area contributed by atoms with E-state index >= 15 is 0 Å². The molecular weight excluding hydrogens is 287 g/mol. The van der Waals surface area contributed by atoms with Gasteiger partial charge in [0, 0.05) is 26.6 Å². The first-order valence-electron chi connectivity index (χ1n) is 7.45. The highest BCUT2D eigenvalue weighted by atomic mass is 19.1. The lowest BCUT2D eigenvalue weighted by Crippen LogP contribution is -2.41. The Morgan fingerprint density at radius 3 is 2.50 bits per heavy atom. The van der Waals surface area contributed by atoms with Crippen molar-refractivity contribution in [1.29, 1.82) is 0 Å². The van der Waals surface area contributed by atoms with Crippen LogP contribution in [-0.2, 0) is 9.59 Å². The molecule has 0 aliphatic carbocycles. The molecule has 0 spiro atoms. The van der Waals surface area contributed by atoms with Crippen LogP contribution in [0.5, 0.6) is 5.75 Å². The van der Waals surface area contributed by atoms with Gasteiger partial charge in [-0.3, -0.25) is 9.59 Å². The molecule has 5 nitrogen and oxygen atoms in total. The number of ether oxygens (including phenoxy) is 1. The third-order valence-corrected chi connectivity index (χ3v) is 3.83. The quantitative estimate of drug-likeness (QED) is 0.898. The first-order valence-corrected chi connectivity index (χ1v) is 7.45. The number of carbonyl (C=O) groups excluding carboxylic acids is 2. The molecule has 120 valence electrons. The number of benzene rings is 1. The number of likely N-dealkylation sites (tertiary alicyclic amines) is 1. The minimum Gasteiger partial charge on any atom is -0.484 e. The Hall–Kier alpha value is -2.11. The van der Waals surface area contributed by atoms with Gasteiger partial charge in [-0.2, -0.15) is 0 Å². The molecule has 0 bridgehead atoms. The van der Waals surface area contributed by atoms with Gasteiger partial charge in [-0.25, -0.2) is 4.39 Å². The molecule has 22 heavy (non-hydrogen) atoms. The van der Waals surface area contributed by atoms with Gasteiger partial charge in [-0.1, -0.05) is 0 Å². The average molecular weight is 308 g/mol. The van der Waals surface area contributed by atoms with E-state index in [9.17, 15) is 14.0 Å². The van der Waals surface area contributed by atoms with Crippen molar-refractivity contribution in [2.75, 3.05) is 26.2 Å². The molecule has 1 N–H and O–H groups in total. The molecule has 1 saturated heterocycles. The molecule has 0 unspecified atom stereocenters. The summed E-state index contributed by atoms with van der Waals surface area (Å²) >= 11 is 0. The molecular formula is C16H21FN2O3. The number of rotatable bonds is 5. The maximum Gasteiger partial charge on any atom is 0.257 e. The number of nitrogens with one attached hydrogen (secondary N) is 1. The fourth-order valence-corrected chi connectivity index (χ4v) is 2.44. The largest absolute Gasteiger partial charge is 0.484 e. The lowest BCUT2D eigenvalue weighted by Gasteiger charge is -2.31. The van der Waals surface area contributed by atoms with Crippen LogP contribution in [0.2, 0.25) is 0 Å². The number of piperidine rings is 1. The number of carbonyl (C=O) groups is 2. The van der Waals surface area contributed by atoms with Gasteiger partial charge in [-0.15, -0.1) is 0 Å². The zero-order chi connectivity index (χ0) is 15.9. The summed E-state index contributed by atoms with van der Waals surface area (Å²) in [5, 5.41) is 2.84. The second-order valence-electron chi connectivity index (χ2n) is 5.50. The molecule has 1 aromatic rings. The first-order chi connectivity index (χ1) is 10.5. The summed E-state index contributed by atoms with van der Waals surface area (Å²) in [7, 11) is 0. The Labute approximate surface area is 129 Å². The molecule has 0 radical (unpaired) electrons. The van der Waals surface area contributed by atoms with E-state index in [4.69, 9.17) is 4.74 Å². The van der Waals surface area contributed by atoms with Crippen LogP contribution in [0.3, 0.4) is 0 Å². The van der Waals surface area contributed by atoms with Gasteiger partial charge < -0.3 is 15.0 Å². The highest BCUT2D eigenvalue weighted by Crippen LogP contribution is 2.16. The second kappa shape index (κ2) is 7.77. The molecule has 0 saturated carbocycles. The van der Waals surface area contributed by atoms with Gasteiger partial charge in [0.25, 0.3) is 5.91 Å². The molecule has 1 aromatic carbocycles. The molecule has 0 aromatic heterocycles. The van der Waals surface area contributed by atoms with Crippen molar-refractivity contribution in [1.82, 2.24) is 10.2 Å². The lowest BCUT2D eigenvalue weighted by molar-refractivity contribution is -0.130. The monoisotopic (exact) mass is 308 g/mol. The van der Waals surface area contributed by atoms with Crippen molar-refractivity contribution >= 4 is 11.8 Å². The van der Waals surface area contributed by atoms with E-state index in [1.165, 1.54) is 24.3 Å². The Morgan fingerprint density at radius 1 is 1.27 bits per heavy atom. The van der Waals surface area contributed by atoms with E-state index in [2.05, 4.69) is 5.32 Å². The highest BCUT2D eigenvalue weighted by Gasteiger charge is 2.20. The molecule has 1 heterocycles. The van der Waals surface area contributed by atoms with Gasteiger partial charge in [-0.05, 0) is 43.0 Å².